The predicted molar refractivity (Wildman–Crippen MR) is 104 cm³/mol. The highest BCUT2D eigenvalue weighted by atomic mass is 32.2. The molecule has 3 rings (SSSR count). The topological polar surface area (TPSA) is 130 Å². The molecule has 0 saturated carbocycles. The second-order valence-electron chi connectivity index (χ2n) is 6.02. The van der Waals surface area contributed by atoms with Crippen molar-refractivity contribution in [3.8, 4) is 0 Å². The molecule has 1 fully saturated rings. The molecule has 1 aromatic rings. The van der Waals surface area contributed by atoms with Gasteiger partial charge < -0.3 is 10.4 Å². The van der Waals surface area contributed by atoms with E-state index in [1.807, 2.05) is 0 Å². The number of aryl methyl sites for hydroxylation is 1. The zero-order valence-electron chi connectivity index (χ0n) is 15.0. The van der Waals surface area contributed by atoms with Crippen LogP contribution in [0.2, 0.25) is 0 Å². The summed E-state index contributed by atoms with van der Waals surface area (Å²) in [5.74, 6) is -4.07. The van der Waals surface area contributed by atoms with E-state index in [2.05, 4.69) is 15.5 Å². The maximum absolute atomic E-state index is 12.4. The van der Waals surface area contributed by atoms with Crippen LogP contribution in [0.4, 0.5) is 13.2 Å². The van der Waals surface area contributed by atoms with Gasteiger partial charge >= 0.3 is 11.5 Å². The maximum atomic E-state index is 12.4. The van der Waals surface area contributed by atoms with Crippen molar-refractivity contribution < 1.29 is 36.9 Å². The van der Waals surface area contributed by atoms with Crippen LogP contribution in [0.3, 0.4) is 0 Å². The molecule has 164 valence electrons. The Labute approximate surface area is 182 Å². The van der Waals surface area contributed by atoms with Gasteiger partial charge in [-0.2, -0.15) is 13.2 Å². The summed E-state index contributed by atoms with van der Waals surface area (Å²) in [5, 5.41) is 19.5. The molecule has 2 aliphatic heterocycles. The van der Waals surface area contributed by atoms with Gasteiger partial charge in [0.15, 0.2) is 4.34 Å². The number of aliphatic carboxylic acids is 1. The van der Waals surface area contributed by atoms with Crippen molar-refractivity contribution >= 4 is 63.4 Å². The van der Waals surface area contributed by atoms with E-state index in [9.17, 15) is 36.9 Å². The lowest BCUT2D eigenvalue weighted by Crippen LogP contribution is -2.71. The fourth-order valence-corrected chi connectivity index (χ4v) is 6.48. The van der Waals surface area contributed by atoms with E-state index >= 15 is 0 Å². The lowest BCUT2D eigenvalue weighted by Gasteiger charge is -2.49. The molecule has 3 atom stereocenters. The lowest BCUT2D eigenvalue weighted by atomic mass is 10.0. The minimum Gasteiger partial charge on any atom is -0.477 e. The molecule has 0 aromatic carbocycles. The molecule has 0 bridgehead atoms. The number of thioether (sulfide) groups is 2. The van der Waals surface area contributed by atoms with Gasteiger partial charge in [0.25, 0.3) is 5.91 Å². The van der Waals surface area contributed by atoms with Crippen molar-refractivity contribution in [2.75, 3.05) is 17.3 Å². The summed E-state index contributed by atoms with van der Waals surface area (Å²) in [4.78, 5) is 36.9. The Morgan fingerprint density at radius 3 is 2.67 bits per heavy atom. The molecule has 9 nitrogen and oxygen atoms in total. The largest absolute Gasteiger partial charge is 0.477 e. The molecule has 2 unspecified atom stereocenters. The van der Waals surface area contributed by atoms with Crippen LogP contribution in [0.15, 0.2) is 15.6 Å². The van der Waals surface area contributed by atoms with Crippen molar-refractivity contribution in [2.45, 2.75) is 28.2 Å². The fourth-order valence-electron chi connectivity index (χ4n) is 2.70. The van der Waals surface area contributed by atoms with Gasteiger partial charge in [-0.3, -0.25) is 14.5 Å². The van der Waals surface area contributed by atoms with Crippen LogP contribution in [0, 0.1) is 6.92 Å². The number of carbonyl (C=O) groups excluding carboxylic acids is 2. The summed E-state index contributed by atoms with van der Waals surface area (Å²) in [6.07, 6.45) is 0. The van der Waals surface area contributed by atoms with Gasteiger partial charge in [-0.1, -0.05) is 23.1 Å². The number of nitrogens with one attached hydrogen (secondary N) is 1. The molecular weight excluding hydrogens is 489 g/mol. The van der Waals surface area contributed by atoms with Crippen molar-refractivity contribution in [1.29, 1.82) is 0 Å². The van der Waals surface area contributed by atoms with Crippen LogP contribution in [-0.2, 0) is 25.2 Å². The van der Waals surface area contributed by atoms with Crippen molar-refractivity contribution in [2.24, 2.45) is 0 Å². The van der Waals surface area contributed by atoms with Crippen LogP contribution in [0.1, 0.15) is 5.01 Å². The first kappa shape index (κ1) is 23.0. The van der Waals surface area contributed by atoms with E-state index in [1.165, 1.54) is 34.9 Å². The number of halogens is 3. The monoisotopic (exact) mass is 502 g/mol. The van der Waals surface area contributed by atoms with Crippen LogP contribution in [0.5, 0.6) is 0 Å². The zero-order chi connectivity index (χ0) is 22.2. The number of hydrogen-bond donors (Lipinski definition) is 2. The molecule has 0 aliphatic carbocycles. The SMILES string of the molecule is Cc1nnc(SCC2=C(C(=O)O)N3C(=O)C(NC(=O)CS(=O)C(F)(F)F)[C@H]3SC2)s1. The third kappa shape index (κ3) is 4.81. The normalized spacial score (nSPS) is 22.4. The first-order valence-electron chi connectivity index (χ1n) is 8.06. The number of carboxylic acids is 1. The molecular formula is C14H13F3N4O5S4. The number of rotatable bonds is 7. The van der Waals surface area contributed by atoms with Crippen LogP contribution in [0.25, 0.3) is 0 Å². The van der Waals surface area contributed by atoms with Crippen molar-refractivity contribution in [3.05, 3.63) is 16.3 Å². The van der Waals surface area contributed by atoms with Gasteiger partial charge in [0, 0.05) is 11.5 Å². The molecule has 30 heavy (non-hydrogen) atoms. The lowest BCUT2D eigenvalue weighted by molar-refractivity contribution is -0.150. The highest BCUT2D eigenvalue weighted by molar-refractivity contribution is 8.01. The van der Waals surface area contributed by atoms with Gasteiger partial charge in [0.05, 0.1) is 0 Å². The van der Waals surface area contributed by atoms with Gasteiger partial charge in [-0.25, -0.2) is 9.00 Å². The minimum absolute atomic E-state index is 0.207. The molecule has 1 aromatic heterocycles. The summed E-state index contributed by atoms with van der Waals surface area (Å²) >= 11 is 3.81. The number of aromatic nitrogens is 2. The average Bonchev–Trinajstić information content (AvgIpc) is 3.07. The highest BCUT2D eigenvalue weighted by Crippen LogP contribution is 2.41. The van der Waals surface area contributed by atoms with Crippen LogP contribution >= 0.6 is 34.9 Å². The Hall–Kier alpha value is -1.65. The van der Waals surface area contributed by atoms with E-state index in [0.29, 0.717) is 9.91 Å². The fraction of sp³-hybridized carbons (Fsp3) is 0.500. The second-order valence-corrected chi connectivity index (χ2v) is 11.0. The molecule has 16 heteroatoms. The van der Waals surface area contributed by atoms with E-state index in [0.717, 1.165) is 9.91 Å². The zero-order valence-corrected chi connectivity index (χ0v) is 18.2. The number of alkyl halides is 3. The Morgan fingerprint density at radius 2 is 2.10 bits per heavy atom. The molecule has 0 spiro atoms. The number of fused-ring (bicyclic) bond motifs is 1. The third-order valence-electron chi connectivity index (χ3n) is 3.96. The van der Waals surface area contributed by atoms with Crippen molar-refractivity contribution in [3.63, 3.8) is 0 Å². The molecule has 3 heterocycles. The van der Waals surface area contributed by atoms with Crippen molar-refractivity contribution in [1.82, 2.24) is 20.4 Å². The number of carboxylic acid groups (broad SMARTS) is 1. The van der Waals surface area contributed by atoms with Gasteiger partial charge in [0.2, 0.25) is 5.91 Å². The quantitative estimate of drug-likeness (QED) is 0.413. The van der Waals surface area contributed by atoms with Gasteiger partial charge in [-0.15, -0.1) is 22.0 Å². The number of carbonyl (C=O) groups is 3. The van der Waals surface area contributed by atoms with E-state index in [1.54, 1.807) is 6.92 Å². The predicted octanol–water partition coefficient (Wildman–Crippen LogP) is 0.946. The van der Waals surface area contributed by atoms with Crippen LogP contribution in [-0.4, -0.2) is 76.4 Å². The summed E-state index contributed by atoms with van der Waals surface area (Å²) < 4.78 is 48.7. The van der Waals surface area contributed by atoms with E-state index in [-0.39, 0.29) is 17.2 Å². The van der Waals surface area contributed by atoms with E-state index < -0.39 is 51.3 Å². The summed E-state index contributed by atoms with van der Waals surface area (Å²) in [6, 6.07) is -1.18. The Bertz CT molecular complexity index is 950. The Morgan fingerprint density at radius 1 is 1.40 bits per heavy atom. The number of β-lactam (4-membered cyclic amide) rings is 1. The standard InChI is InChI=1S/C14H13F3N4O5S4/c1-5-19-20-13(29-5)28-3-6-2-27-11-8(10(23)21(11)9(6)12(24)25)18-7(22)4-30(26)14(15,16)17/h8,11H,2-4H2,1H3,(H,18,22)(H,24,25)/t8?,11-,30?/m1/s1. The molecule has 2 N–H and O–H groups in total. The first-order valence-corrected chi connectivity index (χ1v) is 12.2. The first-order chi connectivity index (χ1) is 14.0. The molecule has 0 radical (unpaired) electrons. The van der Waals surface area contributed by atoms with E-state index in [4.69, 9.17) is 0 Å². The Kier molecular flexibility index (Phi) is 6.78. The number of hydrogen-bond acceptors (Lipinski definition) is 9. The van der Waals surface area contributed by atoms with Gasteiger partial charge in [-0.05, 0) is 12.5 Å². The molecule has 2 amide bonds. The maximum Gasteiger partial charge on any atom is 0.471 e. The Balaban J connectivity index is 1.68. The third-order valence-corrected chi connectivity index (χ3v) is 8.40. The molecule has 2 aliphatic rings. The van der Waals surface area contributed by atoms with Crippen LogP contribution < -0.4 is 5.32 Å². The number of nitrogens with zero attached hydrogens (tertiary/aromatic N) is 3. The minimum atomic E-state index is -5.04. The summed E-state index contributed by atoms with van der Waals surface area (Å²) in [5.41, 5.74) is -4.76. The molecule has 1 saturated heterocycles. The summed E-state index contributed by atoms with van der Waals surface area (Å²) in [6.45, 7) is 1.78. The average molecular weight is 503 g/mol. The number of amides is 2. The smallest absolute Gasteiger partial charge is 0.471 e. The highest BCUT2D eigenvalue weighted by Gasteiger charge is 2.54. The van der Waals surface area contributed by atoms with Gasteiger partial charge in [0.1, 0.15) is 38.7 Å². The second kappa shape index (κ2) is 8.84. The summed E-state index contributed by atoms with van der Waals surface area (Å²) in [7, 11) is -3.38.